The molecule has 4 rings (SSSR count). The van der Waals surface area contributed by atoms with Gasteiger partial charge in [-0.25, -0.2) is 14.2 Å². The predicted octanol–water partition coefficient (Wildman–Crippen LogP) is 4.75. The lowest BCUT2D eigenvalue weighted by Crippen LogP contribution is -2.34. The van der Waals surface area contributed by atoms with E-state index in [1.807, 2.05) is 30.3 Å². The van der Waals surface area contributed by atoms with E-state index in [1.54, 1.807) is 17.5 Å². The number of hydrogen-bond acceptors (Lipinski definition) is 7. The molecule has 172 valence electrons. The van der Waals surface area contributed by atoms with Gasteiger partial charge in [-0.1, -0.05) is 30.3 Å². The van der Waals surface area contributed by atoms with E-state index in [1.165, 1.54) is 40.5 Å². The molecule has 1 amide bonds. The van der Waals surface area contributed by atoms with Gasteiger partial charge in [0.2, 0.25) is 0 Å². The number of thiazole rings is 1. The van der Waals surface area contributed by atoms with Gasteiger partial charge in [-0.05, 0) is 42.0 Å². The molecule has 0 saturated heterocycles. The normalized spacial score (nSPS) is 10.6. The zero-order valence-corrected chi connectivity index (χ0v) is 18.5. The molecule has 0 aliphatic carbocycles. The SMILES string of the molecule is O=C(OCC(=O)N(Cc1ccccc1)c1nc(-c2ccc(F)cc2)cs1)c1ccc(O)cc1O. The average Bonchev–Trinajstić information content (AvgIpc) is 3.32. The van der Waals surface area contributed by atoms with Gasteiger partial charge in [0, 0.05) is 17.0 Å². The molecule has 2 N–H and O–H groups in total. The van der Waals surface area contributed by atoms with Crippen molar-refractivity contribution in [2.45, 2.75) is 6.54 Å². The maximum absolute atomic E-state index is 13.3. The molecular weight excluding hydrogens is 459 g/mol. The third-order valence-corrected chi connectivity index (χ3v) is 5.74. The number of carbonyl (C=O) groups is 2. The summed E-state index contributed by atoms with van der Waals surface area (Å²) in [5, 5.41) is 21.4. The van der Waals surface area contributed by atoms with E-state index in [2.05, 4.69) is 4.98 Å². The molecule has 9 heteroatoms. The fourth-order valence-electron chi connectivity index (χ4n) is 3.15. The Morgan fingerprint density at radius 2 is 1.74 bits per heavy atom. The molecule has 7 nitrogen and oxygen atoms in total. The third kappa shape index (κ3) is 5.38. The number of hydrogen-bond donors (Lipinski definition) is 2. The highest BCUT2D eigenvalue weighted by molar-refractivity contribution is 7.14. The van der Waals surface area contributed by atoms with Crippen LogP contribution < -0.4 is 4.90 Å². The van der Waals surface area contributed by atoms with Crippen molar-refractivity contribution < 1.29 is 28.9 Å². The number of anilines is 1. The van der Waals surface area contributed by atoms with E-state index in [9.17, 15) is 24.2 Å². The van der Waals surface area contributed by atoms with Gasteiger partial charge in [-0.2, -0.15) is 0 Å². The van der Waals surface area contributed by atoms with Crippen molar-refractivity contribution in [3.63, 3.8) is 0 Å². The number of esters is 1. The summed E-state index contributed by atoms with van der Waals surface area (Å²) >= 11 is 1.23. The first-order chi connectivity index (χ1) is 16.4. The summed E-state index contributed by atoms with van der Waals surface area (Å²) in [5.74, 6) is -2.45. The van der Waals surface area contributed by atoms with Crippen molar-refractivity contribution >= 4 is 28.3 Å². The van der Waals surface area contributed by atoms with E-state index in [0.29, 0.717) is 16.4 Å². The lowest BCUT2D eigenvalue weighted by atomic mass is 10.2. The van der Waals surface area contributed by atoms with Crippen LogP contribution in [0.4, 0.5) is 9.52 Å². The number of amides is 1. The predicted molar refractivity (Wildman–Crippen MR) is 125 cm³/mol. The molecule has 0 fully saturated rings. The highest BCUT2D eigenvalue weighted by Crippen LogP contribution is 2.29. The highest BCUT2D eigenvalue weighted by Gasteiger charge is 2.23. The van der Waals surface area contributed by atoms with Crippen LogP contribution in [0, 0.1) is 5.82 Å². The van der Waals surface area contributed by atoms with Crippen LogP contribution >= 0.6 is 11.3 Å². The summed E-state index contributed by atoms with van der Waals surface area (Å²) in [6, 6.07) is 18.6. The zero-order chi connectivity index (χ0) is 24.1. The zero-order valence-electron chi connectivity index (χ0n) is 17.7. The van der Waals surface area contributed by atoms with Gasteiger partial charge in [-0.15, -0.1) is 11.3 Å². The maximum Gasteiger partial charge on any atom is 0.342 e. The number of aromatic nitrogens is 1. The highest BCUT2D eigenvalue weighted by atomic mass is 32.1. The van der Waals surface area contributed by atoms with Crippen LogP contribution in [0.2, 0.25) is 0 Å². The number of halogens is 1. The first-order valence-corrected chi connectivity index (χ1v) is 11.0. The summed E-state index contributed by atoms with van der Waals surface area (Å²) in [6.45, 7) is -0.393. The number of phenols is 2. The van der Waals surface area contributed by atoms with Crippen molar-refractivity contribution in [2.75, 3.05) is 11.5 Å². The second-order valence-electron chi connectivity index (χ2n) is 7.27. The van der Waals surface area contributed by atoms with Crippen LogP contribution in [0.5, 0.6) is 11.5 Å². The fraction of sp³-hybridized carbons (Fsp3) is 0.0800. The number of aromatic hydroxyl groups is 2. The van der Waals surface area contributed by atoms with Crippen LogP contribution in [0.25, 0.3) is 11.3 Å². The second kappa shape index (κ2) is 10.1. The van der Waals surface area contributed by atoms with Crippen molar-refractivity contribution in [1.29, 1.82) is 0 Å². The number of benzene rings is 3. The molecule has 0 bridgehead atoms. The van der Waals surface area contributed by atoms with Crippen molar-refractivity contribution in [1.82, 2.24) is 4.98 Å². The maximum atomic E-state index is 13.3. The Balaban J connectivity index is 1.54. The summed E-state index contributed by atoms with van der Waals surface area (Å²) in [7, 11) is 0. The minimum Gasteiger partial charge on any atom is -0.508 e. The van der Waals surface area contributed by atoms with Gasteiger partial charge in [0.25, 0.3) is 5.91 Å². The van der Waals surface area contributed by atoms with Gasteiger partial charge >= 0.3 is 5.97 Å². The number of phenolic OH excluding ortho intramolecular Hbond substituents is 2. The Morgan fingerprint density at radius 3 is 2.44 bits per heavy atom. The average molecular weight is 479 g/mol. The number of carbonyl (C=O) groups excluding carboxylic acids is 2. The van der Waals surface area contributed by atoms with Crippen LogP contribution in [0.3, 0.4) is 0 Å². The molecular formula is C25H19FN2O5S. The smallest absolute Gasteiger partial charge is 0.342 e. The van der Waals surface area contributed by atoms with Gasteiger partial charge in [0.1, 0.15) is 22.9 Å². The second-order valence-corrected chi connectivity index (χ2v) is 8.10. The molecule has 0 atom stereocenters. The minimum absolute atomic E-state index is 0.173. The van der Waals surface area contributed by atoms with Gasteiger partial charge in [0.05, 0.1) is 12.2 Å². The van der Waals surface area contributed by atoms with Crippen molar-refractivity contribution in [3.05, 3.63) is 95.1 Å². The van der Waals surface area contributed by atoms with Gasteiger partial charge < -0.3 is 14.9 Å². The van der Waals surface area contributed by atoms with Crippen molar-refractivity contribution in [2.24, 2.45) is 0 Å². The summed E-state index contributed by atoms with van der Waals surface area (Å²) in [4.78, 5) is 31.3. The molecule has 4 aromatic rings. The van der Waals surface area contributed by atoms with E-state index in [-0.39, 0.29) is 23.7 Å². The molecule has 0 radical (unpaired) electrons. The monoisotopic (exact) mass is 478 g/mol. The molecule has 0 unspecified atom stereocenters. The molecule has 1 aromatic heterocycles. The van der Waals surface area contributed by atoms with Crippen molar-refractivity contribution in [3.8, 4) is 22.8 Å². The molecule has 1 heterocycles. The molecule has 34 heavy (non-hydrogen) atoms. The van der Waals surface area contributed by atoms with Crippen LogP contribution in [0.15, 0.2) is 78.2 Å². The Bertz CT molecular complexity index is 1310. The van der Waals surface area contributed by atoms with E-state index in [4.69, 9.17) is 4.74 Å². The van der Waals surface area contributed by atoms with Crippen LogP contribution in [-0.4, -0.2) is 33.7 Å². The van der Waals surface area contributed by atoms with E-state index < -0.39 is 24.2 Å². The Morgan fingerprint density at radius 1 is 1.00 bits per heavy atom. The Kier molecular flexibility index (Phi) is 6.84. The quantitative estimate of drug-likeness (QED) is 0.372. The fourth-order valence-corrected chi connectivity index (χ4v) is 4.00. The minimum atomic E-state index is -0.906. The van der Waals surface area contributed by atoms with Gasteiger partial charge in [0.15, 0.2) is 11.7 Å². The Hall–Kier alpha value is -4.24. The number of ether oxygens (including phenoxy) is 1. The molecule has 0 saturated carbocycles. The van der Waals surface area contributed by atoms with E-state index in [0.717, 1.165) is 11.6 Å². The summed E-state index contributed by atoms with van der Waals surface area (Å²) < 4.78 is 18.4. The number of rotatable bonds is 7. The summed E-state index contributed by atoms with van der Waals surface area (Å²) in [5.41, 5.74) is 1.95. The first kappa shape index (κ1) is 22.9. The molecule has 0 aliphatic rings. The van der Waals surface area contributed by atoms with E-state index >= 15 is 0 Å². The first-order valence-electron chi connectivity index (χ1n) is 10.2. The van der Waals surface area contributed by atoms with Gasteiger partial charge in [-0.3, -0.25) is 9.69 Å². The molecule has 0 aliphatic heterocycles. The third-order valence-electron chi connectivity index (χ3n) is 4.88. The summed E-state index contributed by atoms with van der Waals surface area (Å²) in [6.07, 6.45) is 0. The number of nitrogens with zero attached hydrogens (tertiary/aromatic N) is 2. The van der Waals surface area contributed by atoms with Crippen LogP contribution in [0.1, 0.15) is 15.9 Å². The molecule has 0 spiro atoms. The van der Waals surface area contributed by atoms with Crippen LogP contribution in [-0.2, 0) is 16.1 Å². The largest absolute Gasteiger partial charge is 0.508 e. The topological polar surface area (TPSA) is 100.0 Å². The molecule has 3 aromatic carbocycles. The lowest BCUT2D eigenvalue weighted by molar-refractivity contribution is -0.121. The standard InChI is InChI=1S/C25H19FN2O5S/c26-18-8-6-17(7-9-18)21-15-34-25(27-21)28(13-16-4-2-1-3-5-16)23(31)14-33-24(32)20-11-10-19(29)12-22(20)30/h1-12,15,29-30H,13-14H2. The Labute approximate surface area is 198 Å². The lowest BCUT2D eigenvalue weighted by Gasteiger charge is -2.20.